The summed E-state index contributed by atoms with van der Waals surface area (Å²) >= 11 is 8.90. The SMILES string of the molecule is CCOC(=O)[C@H]1Cc2cc(ccc2OCc2ccnc(-c3ccc(OCOCC[Si](C)(C)C)cc3)n2)CN(CCN2CCN(C)CC2)Cc2ccc(c(C)c2Cl)-c2c(-c3ccc(F)cc3)sc3ncnc(c23)O1. The van der Waals surface area contributed by atoms with E-state index in [-0.39, 0.29) is 38.1 Å². The summed E-state index contributed by atoms with van der Waals surface area (Å²) in [4.78, 5) is 41.8. The Morgan fingerprint density at radius 2 is 1.64 bits per heavy atom. The number of rotatable bonds is 16. The highest BCUT2D eigenvalue weighted by Gasteiger charge is 2.30. The third kappa shape index (κ3) is 13.1. The topological polar surface area (TPSA) is 124 Å². The molecule has 1 fully saturated rings. The number of aromatic nitrogens is 4. The summed E-state index contributed by atoms with van der Waals surface area (Å²) in [5, 5.41) is 1.27. The highest BCUT2D eigenvalue weighted by atomic mass is 35.5. The van der Waals surface area contributed by atoms with E-state index in [9.17, 15) is 9.18 Å². The lowest BCUT2D eigenvalue weighted by Crippen LogP contribution is -2.46. The number of nitrogens with zero attached hydrogens (tertiary/aromatic N) is 7. The van der Waals surface area contributed by atoms with Crippen LogP contribution in [0.2, 0.25) is 30.7 Å². The first-order chi connectivity index (χ1) is 35.3. The van der Waals surface area contributed by atoms with E-state index in [1.54, 1.807) is 25.3 Å². The molecule has 3 aliphatic heterocycles. The van der Waals surface area contributed by atoms with Crippen LogP contribution in [0.4, 0.5) is 4.39 Å². The van der Waals surface area contributed by atoms with Gasteiger partial charge in [-0.25, -0.2) is 29.1 Å². The molecule has 3 aromatic heterocycles. The van der Waals surface area contributed by atoms with Crippen molar-refractivity contribution < 1.29 is 32.9 Å². The molecule has 6 heterocycles. The Labute approximate surface area is 437 Å². The largest absolute Gasteiger partial charge is 0.487 e. The molecule has 0 aliphatic carbocycles. The Morgan fingerprint density at radius 1 is 0.877 bits per heavy atom. The number of carbonyl (C=O) groups excluding carboxylic acids is 1. The third-order valence-electron chi connectivity index (χ3n) is 13.3. The Balaban J connectivity index is 1.06. The minimum atomic E-state index is -1.18. The molecule has 13 nitrogen and oxygen atoms in total. The maximum absolute atomic E-state index is 14.4. The molecule has 7 aromatic rings. The van der Waals surface area contributed by atoms with Gasteiger partial charge in [0.25, 0.3) is 0 Å². The molecule has 73 heavy (non-hydrogen) atoms. The van der Waals surface area contributed by atoms with Crippen LogP contribution in [0.1, 0.15) is 34.9 Å². The van der Waals surface area contributed by atoms with Crippen molar-refractivity contribution in [2.24, 2.45) is 0 Å². The predicted molar refractivity (Wildman–Crippen MR) is 289 cm³/mol. The van der Waals surface area contributed by atoms with Gasteiger partial charge >= 0.3 is 5.97 Å². The van der Waals surface area contributed by atoms with Gasteiger partial charge in [0.2, 0.25) is 12.0 Å². The molecule has 4 bridgehead atoms. The van der Waals surface area contributed by atoms with Crippen LogP contribution in [-0.4, -0.2) is 121 Å². The van der Waals surface area contributed by atoms with E-state index in [0.717, 1.165) is 94.7 Å². The van der Waals surface area contributed by atoms with E-state index in [1.807, 2.05) is 43.3 Å². The Kier molecular flexibility index (Phi) is 16.8. The second-order valence-electron chi connectivity index (χ2n) is 19.9. The molecule has 17 heteroatoms. The van der Waals surface area contributed by atoms with Crippen LogP contribution in [0.5, 0.6) is 17.4 Å². The molecule has 10 rings (SSSR count). The van der Waals surface area contributed by atoms with Crippen molar-refractivity contribution in [3.05, 3.63) is 136 Å². The number of ether oxygens (including phenoxy) is 5. The standard InChI is InChI=1S/C56H63ClFN7O6SSi/c1-7-68-56(66)48-31-42-30-38(8-19-47(42)69-34-44-20-21-59-53(62-44)40-11-16-45(17-12-40)70-36-67-28-29-73(4,5)6)32-65(27-26-64-24-22-63(3)23-25-64)33-41-13-18-46(37(2)51(41)57)49-50-54(71-48)60-35-61-55(50)72-52(49)39-9-14-43(58)15-10-39/h8-21,30,35,48H,7,22-29,31-34,36H2,1-6H3/t48-/m1/s1. The molecule has 0 amide bonds. The van der Waals surface area contributed by atoms with Crippen molar-refractivity contribution in [2.45, 2.75) is 71.8 Å². The maximum Gasteiger partial charge on any atom is 0.347 e. The lowest BCUT2D eigenvalue weighted by atomic mass is 9.94. The van der Waals surface area contributed by atoms with Gasteiger partial charge in [0, 0.05) is 101 Å². The Morgan fingerprint density at radius 3 is 2.41 bits per heavy atom. The van der Waals surface area contributed by atoms with Gasteiger partial charge in [-0.15, -0.1) is 11.3 Å². The highest BCUT2D eigenvalue weighted by molar-refractivity contribution is 7.22. The predicted octanol–water partition coefficient (Wildman–Crippen LogP) is 11.0. The summed E-state index contributed by atoms with van der Waals surface area (Å²) < 4.78 is 45.1. The average molecular weight is 1040 g/mol. The van der Waals surface area contributed by atoms with Gasteiger partial charge in [0.1, 0.15) is 35.1 Å². The van der Waals surface area contributed by atoms with Crippen molar-refractivity contribution in [3.63, 3.8) is 0 Å². The number of halogens is 2. The fourth-order valence-electron chi connectivity index (χ4n) is 9.05. The van der Waals surface area contributed by atoms with E-state index >= 15 is 0 Å². The van der Waals surface area contributed by atoms with E-state index < -0.39 is 20.1 Å². The van der Waals surface area contributed by atoms with Crippen LogP contribution < -0.4 is 14.2 Å². The van der Waals surface area contributed by atoms with Crippen LogP contribution in [0.25, 0.3) is 43.2 Å². The van der Waals surface area contributed by atoms with Crippen molar-refractivity contribution >= 4 is 47.2 Å². The van der Waals surface area contributed by atoms with Crippen molar-refractivity contribution in [1.29, 1.82) is 0 Å². The maximum atomic E-state index is 14.4. The fraction of sp³-hybridized carbons (Fsp3) is 0.375. The molecule has 0 spiro atoms. The first-order valence-electron chi connectivity index (χ1n) is 24.9. The number of esters is 1. The van der Waals surface area contributed by atoms with E-state index in [2.05, 4.69) is 70.6 Å². The number of carbonyl (C=O) groups is 1. The summed E-state index contributed by atoms with van der Waals surface area (Å²) in [5.41, 5.74) is 7.58. The van der Waals surface area contributed by atoms with Crippen molar-refractivity contribution in [2.75, 3.05) is 66.3 Å². The van der Waals surface area contributed by atoms with E-state index in [1.165, 1.54) is 29.8 Å². The van der Waals surface area contributed by atoms with Crippen molar-refractivity contribution in [3.8, 4) is 50.3 Å². The Hall–Kier alpha value is -5.85. The van der Waals surface area contributed by atoms with Crippen LogP contribution in [-0.2, 0) is 40.4 Å². The van der Waals surface area contributed by atoms with E-state index in [4.69, 9.17) is 50.2 Å². The minimum absolute atomic E-state index is 0.102. The zero-order valence-electron chi connectivity index (χ0n) is 42.5. The number of hydrogen-bond acceptors (Lipinski definition) is 14. The first-order valence-corrected chi connectivity index (χ1v) is 29.8. The lowest BCUT2D eigenvalue weighted by Gasteiger charge is -2.34. The first kappa shape index (κ1) is 52.0. The van der Waals surface area contributed by atoms with E-state index in [0.29, 0.717) is 58.0 Å². The van der Waals surface area contributed by atoms with Crippen LogP contribution >= 0.6 is 22.9 Å². The molecule has 1 saturated heterocycles. The lowest BCUT2D eigenvalue weighted by molar-refractivity contribution is -0.151. The Bertz CT molecular complexity index is 3020. The zero-order chi connectivity index (χ0) is 51.1. The fourth-order valence-corrected chi connectivity index (χ4v) is 11.2. The monoisotopic (exact) mass is 1040 g/mol. The van der Waals surface area contributed by atoms with Crippen molar-refractivity contribution in [1.82, 2.24) is 34.6 Å². The molecule has 4 aromatic carbocycles. The highest BCUT2D eigenvalue weighted by Crippen LogP contribution is 2.49. The second kappa shape index (κ2) is 23.6. The van der Waals surface area contributed by atoms with Gasteiger partial charge in [-0.2, -0.15) is 0 Å². The van der Waals surface area contributed by atoms with Gasteiger partial charge in [-0.3, -0.25) is 9.80 Å². The molecule has 0 N–H and O–H groups in total. The van der Waals surface area contributed by atoms with Gasteiger partial charge in [0.15, 0.2) is 12.6 Å². The molecule has 3 aliphatic rings. The number of likely N-dealkylation sites (N-methyl/N-ethyl adjacent to an activating group) is 1. The van der Waals surface area contributed by atoms with Gasteiger partial charge in [0.05, 0.1) is 17.7 Å². The minimum Gasteiger partial charge on any atom is -0.487 e. The van der Waals surface area contributed by atoms with Gasteiger partial charge in [-0.05, 0) is 109 Å². The third-order valence-corrected chi connectivity index (χ3v) is 16.6. The molecular weight excluding hydrogens is 981 g/mol. The number of thiophene rings is 1. The normalized spacial score (nSPS) is 15.9. The smallest absolute Gasteiger partial charge is 0.347 e. The number of hydrogen-bond donors (Lipinski definition) is 0. The summed E-state index contributed by atoms with van der Waals surface area (Å²) in [6.45, 7) is 18.9. The molecule has 382 valence electrons. The molecular formula is C56H63ClFN7O6SSi. The molecule has 0 saturated carbocycles. The van der Waals surface area contributed by atoms with Crippen LogP contribution in [0.3, 0.4) is 0 Å². The van der Waals surface area contributed by atoms with Gasteiger partial charge in [-0.1, -0.05) is 67.6 Å². The number of benzene rings is 4. The number of fused-ring (bicyclic) bond motifs is 6. The molecule has 0 radical (unpaired) electrons. The average Bonchev–Trinajstić information content (AvgIpc) is 3.77. The summed E-state index contributed by atoms with van der Waals surface area (Å²) in [6, 6.07) is 27.3. The van der Waals surface area contributed by atoms with Gasteiger partial charge < -0.3 is 28.6 Å². The zero-order valence-corrected chi connectivity index (χ0v) is 45.0. The molecule has 0 unspecified atom stereocenters. The summed E-state index contributed by atoms with van der Waals surface area (Å²) in [7, 11) is 0.988. The quantitative estimate of drug-likeness (QED) is 0.0395. The number of piperazine rings is 1. The second-order valence-corrected chi connectivity index (χ2v) is 26.9. The summed E-state index contributed by atoms with van der Waals surface area (Å²) in [5.74, 6) is 1.13. The molecule has 1 atom stereocenters. The van der Waals surface area contributed by atoms with Crippen LogP contribution in [0.15, 0.2) is 97.5 Å². The summed E-state index contributed by atoms with van der Waals surface area (Å²) in [6.07, 6.45) is 2.12. The van der Waals surface area contributed by atoms with Crippen LogP contribution in [0, 0.1) is 12.7 Å².